The molecule has 0 fully saturated rings. The second-order valence-electron chi connectivity index (χ2n) is 6.96. The minimum absolute atomic E-state index is 0.201. The SMILES string of the molecule is Cc1ccc(N)cc1.NC1=C(S(=O)(=O)O)C=C(Br)C2C(=O)c3ccccc3C(=O)C12. The Kier molecular flexibility index (Phi) is 5.98. The van der Waals surface area contributed by atoms with Crippen LogP contribution in [0.3, 0.4) is 0 Å². The van der Waals surface area contributed by atoms with Gasteiger partial charge in [0.05, 0.1) is 11.8 Å². The highest BCUT2D eigenvalue weighted by Gasteiger charge is 2.47. The number of hydrogen-bond acceptors (Lipinski definition) is 6. The summed E-state index contributed by atoms with van der Waals surface area (Å²) < 4.78 is 32.3. The number of rotatable bonds is 1. The van der Waals surface area contributed by atoms with Crippen molar-refractivity contribution in [1.29, 1.82) is 0 Å². The average Bonchev–Trinajstić information content (AvgIpc) is 2.69. The summed E-state index contributed by atoms with van der Waals surface area (Å²) in [6.07, 6.45) is 1.07. The molecule has 0 aliphatic heterocycles. The number of allylic oxidation sites excluding steroid dienone is 3. The van der Waals surface area contributed by atoms with Crippen molar-refractivity contribution in [2.45, 2.75) is 6.92 Å². The van der Waals surface area contributed by atoms with Gasteiger partial charge in [0.1, 0.15) is 4.91 Å². The zero-order chi connectivity index (χ0) is 22.2. The molecule has 5 N–H and O–H groups in total. The zero-order valence-corrected chi connectivity index (χ0v) is 18.3. The van der Waals surface area contributed by atoms with Gasteiger partial charge in [0.15, 0.2) is 11.6 Å². The third-order valence-electron chi connectivity index (χ3n) is 4.90. The van der Waals surface area contributed by atoms with Crippen molar-refractivity contribution in [3.05, 3.63) is 86.4 Å². The molecular formula is C21H19BrN2O5S. The van der Waals surface area contributed by atoms with E-state index in [-0.39, 0.29) is 27.1 Å². The Balaban J connectivity index is 0.000000269. The minimum Gasteiger partial charge on any atom is -0.400 e. The lowest BCUT2D eigenvalue weighted by Gasteiger charge is -2.34. The third kappa shape index (κ3) is 4.09. The molecule has 2 aliphatic carbocycles. The first kappa shape index (κ1) is 21.9. The molecular weight excluding hydrogens is 472 g/mol. The lowest BCUT2D eigenvalue weighted by molar-refractivity contribution is 0.0790. The van der Waals surface area contributed by atoms with E-state index in [2.05, 4.69) is 15.9 Å². The van der Waals surface area contributed by atoms with Gasteiger partial charge in [-0.3, -0.25) is 14.1 Å². The second kappa shape index (κ2) is 8.17. The molecule has 2 unspecified atom stereocenters. The molecule has 7 nitrogen and oxygen atoms in total. The fraction of sp³-hybridized carbons (Fsp3) is 0.143. The Morgan fingerprint density at radius 3 is 1.87 bits per heavy atom. The zero-order valence-electron chi connectivity index (χ0n) is 15.9. The molecule has 156 valence electrons. The van der Waals surface area contributed by atoms with Gasteiger partial charge < -0.3 is 11.5 Å². The van der Waals surface area contributed by atoms with Crippen LogP contribution in [0.15, 0.2) is 69.7 Å². The van der Waals surface area contributed by atoms with Crippen molar-refractivity contribution < 1.29 is 22.6 Å². The fourth-order valence-corrected chi connectivity index (χ4v) is 4.95. The van der Waals surface area contributed by atoms with Gasteiger partial charge in [-0.25, -0.2) is 0 Å². The third-order valence-corrected chi connectivity index (χ3v) is 6.53. The first-order chi connectivity index (χ1) is 14.0. The normalized spacial score (nSPS) is 20.6. The van der Waals surface area contributed by atoms with E-state index < -0.39 is 32.6 Å². The maximum Gasteiger partial charge on any atom is 0.296 e. The quantitative estimate of drug-likeness (QED) is 0.411. The van der Waals surface area contributed by atoms with Crippen LogP contribution in [0.25, 0.3) is 0 Å². The van der Waals surface area contributed by atoms with E-state index in [1.807, 2.05) is 31.2 Å². The average molecular weight is 491 g/mol. The van der Waals surface area contributed by atoms with Gasteiger partial charge >= 0.3 is 0 Å². The molecule has 0 saturated heterocycles. The van der Waals surface area contributed by atoms with E-state index in [1.54, 1.807) is 18.2 Å². The van der Waals surface area contributed by atoms with Gasteiger partial charge in [-0.1, -0.05) is 57.9 Å². The van der Waals surface area contributed by atoms with Gasteiger partial charge in [-0.2, -0.15) is 8.42 Å². The summed E-state index contributed by atoms with van der Waals surface area (Å²) in [7, 11) is -4.59. The number of aryl methyl sites for hydroxylation is 1. The summed E-state index contributed by atoms with van der Waals surface area (Å²) in [5.74, 6) is -2.81. The summed E-state index contributed by atoms with van der Waals surface area (Å²) in [5, 5.41) is 0. The maximum absolute atomic E-state index is 12.6. The predicted octanol–water partition coefficient (Wildman–Crippen LogP) is 3.23. The Morgan fingerprint density at radius 2 is 1.40 bits per heavy atom. The lowest BCUT2D eigenvalue weighted by atomic mass is 9.71. The molecule has 2 aromatic carbocycles. The Labute approximate surface area is 182 Å². The highest BCUT2D eigenvalue weighted by Crippen LogP contribution is 2.44. The number of benzene rings is 2. The molecule has 4 rings (SSSR count). The van der Waals surface area contributed by atoms with E-state index in [1.165, 1.54) is 11.6 Å². The first-order valence-electron chi connectivity index (χ1n) is 8.86. The highest BCUT2D eigenvalue weighted by molar-refractivity contribution is 9.11. The Morgan fingerprint density at radius 1 is 0.900 bits per heavy atom. The molecule has 2 aromatic rings. The first-order valence-corrected chi connectivity index (χ1v) is 11.1. The topological polar surface area (TPSA) is 141 Å². The van der Waals surface area contributed by atoms with Crippen LogP contribution in [-0.2, 0) is 10.1 Å². The van der Waals surface area contributed by atoms with E-state index in [9.17, 15) is 22.6 Å². The minimum atomic E-state index is -4.59. The number of nitrogen functional groups attached to an aromatic ring is 1. The standard InChI is InChI=1S/C14H10BrNO5S.C7H9N/c15-8-5-9(22(19,20)21)12(16)11-10(8)13(17)6-3-1-2-4-7(6)14(11)18;1-6-2-4-7(8)5-3-6/h1-5,10-11H,16H2,(H,19,20,21);2-5H,8H2,1H3. The van der Waals surface area contributed by atoms with Crippen LogP contribution >= 0.6 is 15.9 Å². The van der Waals surface area contributed by atoms with Crippen molar-refractivity contribution in [3.63, 3.8) is 0 Å². The van der Waals surface area contributed by atoms with Gasteiger partial charge in [-0.15, -0.1) is 0 Å². The van der Waals surface area contributed by atoms with E-state index in [4.69, 9.17) is 11.5 Å². The largest absolute Gasteiger partial charge is 0.400 e. The summed E-state index contributed by atoms with van der Waals surface area (Å²) in [5.41, 5.74) is 13.5. The molecule has 30 heavy (non-hydrogen) atoms. The number of hydrogen-bond donors (Lipinski definition) is 3. The van der Waals surface area contributed by atoms with Gasteiger partial charge in [-0.05, 0) is 25.1 Å². The molecule has 2 aliphatic rings. The molecule has 0 bridgehead atoms. The van der Waals surface area contributed by atoms with E-state index in [0.29, 0.717) is 0 Å². The summed E-state index contributed by atoms with van der Waals surface area (Å²) in [4.78, 5) is 24.7. The summed E-state index contributed by atoms with van der Waals surface area (Å²) in [6.45, 7) is 2.04. The van der Waals surface area contributed by atoms with Crippen LogP contribution in [0.2, 0.25) is 0 Å². The van der Waals surface area contributed by atoms with Gasteiger partial charge in [0.2, 0.25) is 0 Å². The van der Waals surface area contributed by atoms with Crippen LogP contribution in [0, 0.1) is 18.8 Å². The van der Waals surface area contributed by atoms with Crippen molar-refractivity contribution in [1.82, 2.24) is 0 Å². The summed E-state index contributed by atoms with van der Waals surface area (Å²) in [6, 6.07) is 14.1. The number of ketones is 2. The van der Waals surface area contributed by atoms with E-state index >= 15 is 0 Å². The smallest absolute Gasteiger partial charge is 0.296 e. The molecule has 0 radical (unpaired) electrons. The molecule has 0 spiro atoms. The number of Topliss-reactive ketones (excluding diaryl/α,β-unsaturated/α-hetero) is 2. The number of carbonyl (C=O) groups is 2. The van der Waals surface area contributed by atoms with Crippen molar-refractivity contribution in [2.75, 3.05) is 5.73 Å². The number of fused-ring (bicyclic) bond motifs is 2. The van der Waals surface area contributed by atoms with Crippen LogP contribution < -0.4 is 11.5 Å². The number of anilines is 1. The molecule has 0 aromatic heterocycles. The second-order valence-corrected chi connectivity index (χ2v) is 9.27. The molecule has 2 atom stereocenters. The molecule has 9 heteroatoms. The van der Waals surface area contributed by atoms with Crippen LogP contribution in [0.4, 0.5) is 5.69 Å². The number of carbonyl (C=O) groups excluding carboxylic acids is 2. The molecule has 0 heterocycles. The van der Waals surface area contributed by atoms with Crippen LogP contribution in [0.1, 0.15) is 26.3 Å². The van der Waals surface area contributed by atoms with Crippen molar-refractivity contribution in [3.8, 4) is 0 Å². The van der Waals surface area contributed by atoms with Crippen LogP contribution in [0.5, 0.6) is 0 Å². The molecule has 0 amide bonds. The Bertz CT molecular complexity index is 1180. The van der Waals surface area contributed by atoms with Gasteiger partial charge in [0.25, 0.3) is 10.1 Å². The monoisotopic (exact) mass is 490 g/mol. The van der Waals surface area contributed by atoms with E-state index in [0.717, 1.165) is 11.8 Å². The fourth-order valence-electron chi connectivity index (χ4n) is 3.40. The predicted molar refractivity (Wildman–Crippen MR) is 117 cm³/mol. The number of nitrogens with two attached hydrogens (primary N) is 2. The maximum atomic E-state index is 12.6. The number of halogens is 1. The molecule has 0 saturated carbocycles. The van der Waals surface area contributed by atoms with Crippen molar-refractivity contribution in [2.24, 2.45) is 17.6 Å². The van der Waals surface area contributed by atoms with Crippen molar-refractivity contribution >= 4 is 43.3 Å². The summed E-state index contributed by atoms with van der Waals surface area (Å²) >= 11 is 3.13. The Hall–Kier alpha value is -2.75. The van der Waals surface area contributed by atoms with Gasteiger partial charge in [0, 0.05) is 27.0 Å². The van der Waals surface area contributed by atoms with Crippen LogP contribution in [-0.4, -0.2) is 24.5 Å². The highest BCUT2D eigenvalue weighted by atomic mass is 79.9. The lowest BCUT2D eigenvalue weighted by Crippen LogP contribution is -2.42.